The minimum absolute atomic E-state index is 0.0411. The Bertz CT molecular complexity index is 1640. The Morgan fingerprint density at radius 3 is 2.50 bits per heavy atom. The summed E-state index contributed by atoms with van der Waals surface area (Å²) in [6.45, 7) is 5.57. The fourth-order valence-electron chi connectivity index (χ4n) is 5.88. The Balaban J connectivity index is 1.43. The second-order valence-electron chi connectivity index (χ2n) is 10.8. The molecule has 4 aromatic rings. The molecule has 1 saturated carbocycles. The lowest BCUT2D eigenvalue weighted by molar-refractivity contribution is 0.0934. The smallest absolute Gasteiger partial charge is 0.252 e. The molecule has 0 amide bonds. The van der Waals surface area contributed by atoms with Gasteiger partial charge < -0.3 is 14.0 Å². The summed E-state index contributed by atoms with van der Waals surface area (Å²) in [5, 5.41) is 13.8. The first-order valence-corrected chi connectivity index (χ1v) is 13.9. The molecule has 40 heavy (non-hydrogen) atoms. The molecule has 0 bridgehead atoms. The molecule has 1 aromatic carbocycles. The number of pyridine rings is 2. The third-order valence-corrected chi connectivity index (χ3v) is 8.33. The molecule has 4 heterocycles. The van der Waals surface area contributed by atoms with Crippen molar-refractivity contribution < 1.29 is 8.91 Å². The Hall–Kier alpha value is -4.10. The zero-order chi connectivity index (χ0) is 28.0. The first-order valence-electron chi connectivity index (χ1n) is 13.9. The lowest BCUT2D eigenvalue weighted by Crippen LogP contribution is -2.59. The van der Waals surface area contributed by atoms with Gasteiger partial charge in [-0.3, -0.25) is 9.69 Å². The number of hydrogen-bond acceptors (Lipinski definition) is 8. The Labute approximate surface area is 231 Å². The van der Waals surface area contributed by atoms with Crippen molar-refractivity contribution in [3.05, 3.63) is 81.6 Å². The van der Waals surface area contributed by atoms with Gasteiger partial charge in [-0.05, 0) is 55.5 Å². The first kappa shape index (κ1) is 26.1. The second kappa shape index (κ2) is 10.5. The number of nitrogens with zero attached hydrogens (tertiary/aromatic N) is 7. The van der Waals surface area contributed by atoms with Crippen molar-refractivity contribution in [1.82, 2.24) is 24.6 Å². The van der Waals surface area contributed by atoms with E-state index in [1.807, 2.05) is 0 Å². The SMILES string of the molecule is CCC1CN(c2cc(=O)n(C)c3ccc(C#N)nc23)[C@@H](CC)CN1C(c1ccc(F)cc1)c1nc(C2CC2)no1. The quantitative estimate of drug-likeness (QED) is 0.332. The van der Waals surface area contributed by atoms with Crippen LogP contribution in [0.3, 0.4) is 0 Å². The van der Waals surface area contributed by atoms with Gasteiger partial charge >= 0.3 is 0 Å². The van der Waals surface area contributed by atoms with Gasteiger partial charge in [-0.1, -0.05) is 31.1 Å². The molecule has 9 nitrogen and oxygen atoms in total. The molecule has 0 N–H and O–H groups in total. The molecule has 206 valence electrons. The van der Waals surface area contributed by atoms with Crippen molar-refractivity contribution in [2.75, 3.05) is 18.0 Å². The van der Waals surface area contributed by atoms with Gasteiger partial charge in [0.05, 0.1) is 11.2 Å². The Morgan fingerprint density at radius 2 is 1.82 bits per heavy atom. The maximum Gasteiger partial charge on any atom is 0.252 e. The van der Waals surface area contributed by atoms with Gasteiger partial charge in [0.1, 0.15) is 29.1 Å². The van der Waals surface area contributed by atoms with Crippen LogP contribution < -0.4 is 10.5 Å². The lowest BCUT2D eigenvalue weighted by Gasteiger charge is -2.49. The van der Waals surface area contributed by atoms with Crippen LogP contribution in [0.4, 0.5) is 10.1 Å². The highest BCUT2D eigenvalue weighted by Gasteiger charge is 2.41. The van der Waals surface area contributed by atoms with Crippen molar-refractivity contribution >= 4 is 16.7 Å². The van der Waals surface area contributed by atoms with E-state index in [1.54, 1.807) is 41.9 Å². The van der Waals surface area contributed by atoms with Crippen molar-refractivity contribution in [3.8, 4) is 6.07 Å². The molecular weight excluding hydrogens is 509 g/mol. The maximum absolute atomic E-state index is 13.9. The normalized spacial score (nSPS) is 20.5. The zero-order valence-corrected chi connectivity index (χ0v) is 22.9. The van der Waals surface area contributed by atoms with Crippen molar-refractivity contribution in [2.24, 2.45) is 7.05 Å². The van der Waals surface area contributed by atoms with Crippen molar-refractivity contribution in [2.45, 2.75) is 63.6 Å². The molecule has 1 saturated heterocycles. The largest absolute Gasteiger partial charge is 0.364 e. The minimum Gasteiger partial charge on any atom is -0.364 e. The van der Waals surface area contributed by atoms with E-state index in [4.69, 9.17) is 9.51 Å². The molecule has 3 atom stereocenters. The average Bonchev–Trinajstić information content (AvgIpc) is 3.72. The van der Waals surface area contributed by atoms with E-state index < -0.39 is 0 Å². The predicted molar refractivity (Wildman–Crippen MR) is 148 cm³/mol. The fourth-order valence-corrected chi connectivity index (χ4v) is 5.88. The van der Waals surface area contributed by atoms with Crippen LogP contribution in [-0.4, -0.2) is 49.8 Å². The zero-order valence-electron chi connectivity index (χ0n) is 22.9. The predicted octanol–water partition coefficient (Wildman–Crippen LogP) is 4.67. The van der Waals surface area contributed by atoms with Crippen molar-refractivity contribution in [3.63, 3.8) is 0 Å². The number of fused-ring (bicyclic) bond motifs is 1. The molecular formula is C30H32FN7O2. The Morgan fingerprint density at radius 1 is 1.07 bits per heavy atom. The molecule has 0 radical (unpaired) electrons. The van der Waals surface area contributed by atoms with E-state index >= 15 is 0 Å². The summed E-state index contributed by atoms with van der Waals surface area (Å²) < 4.78 is 21.4. The van der Waals surface area contributed by atoms with Crippen LogP contribution >= 0.6 is 0 Å². The maximum atomic E-state index is 13.9. The van der Waals surface area contributed by atoms with E-state index in [1.165, 1.54) is 12.1 Å². The standard InChI is InChI=1S/C30H32FN7O2/c1-4-22-17-38(28(18-8-10-20(31)11-9-18)30-34-29(35-40-30)19-6-7-19)23(5-2)16-37(22)25-14-26(39)36(3)24-13-12-21(15-32)33-27(24)25/h8-14,19,22-23,28H,4-7,16-17H2,1-3H3/t22-,23?,28?/m0/s1. The van der Waals surface area contributed by atoms with Crippen LogP contribution in [-0.2, 0) is 7.05 Å². The van der Waals surface area contributed by atoms with Gasteiger partial charge in [-0.15, -0.1) is 0 Å². The molecule has 3 aromatic heterocycles. The van der Waals surface area contributed by atoms with Gasteiger partial charge in [0.2, 0.25) is 5.89 Å². The summed E-state index contributed by atoms with van der Waals surface area (Å²) in [4.78, 5) is 27.1. The average molecular weight is 542 g/mol. The van der Waals surface area contributed by atoms with E-state index in [9.17, 15) is 14.4 Å². The number of hydrogen-bond donors (Lipinski definition) is 0. The monoisotopic (exact) mass is 541 g/mol. The second-order valence-corrected chi connectivity index (χ2v) is 10.8. The number of benzene rings is 1. The Kier molecular flexibility index (Phi) is 6.84. The molecule has 2 unspecified atom stereocenters. The number of nitriles is 1. The third kappa shape index (κ3) is 4.64. The fraction of sp³-hybridized carbons (Fsp3) is 0.433. The highest BCUT2D eigenvalue weighted by molar-refractivity contribution is 5.89. The summed E-state index contributed by atoms with van der Waals surface area (Å²) >= 11 is 0. The third-order valence-electron chi connectivity index (χ3n) is 8.33. The summed E-state index contributed by atoms with van der Waals surface area (Å²) in [5.74, 6) is 1.33. The summed E-state index contributed by atoms with van der Waals surface area (Å²) in [6, 6.07) is 13.5. The van der Waals surface area contributed by atoms with Gasteiger partial charge in [-0.25, -0.2) is 9.37 Å². The number of anilines is 1. The summed E-state index contributed by atoms with van der Waals surface area (Å²) in [7, 11) is 1.72. The number of halogens is 1. The topological polar surface area (TPSA) is 104 Å². The van der Waals surface area contributed by atoms with Crippen LogP contribution in [0.5, 0.6) is 0 Å². The van der Waals surface area contributed by atoms with E-state index in [2.05, 4.69) is 39.9 Å². The summed E-state index contributed by atoms with van der Waals surface area (Å²) in [5.41, 5.74) is 3.16. The molecule has 2 aliphatic rings. The van der Waals surface area contributed by atoms with Crippen LogP contribution in [0.1, 0.15) is 74.5 Å². The highest BCUT2D eigenvalue weighted by atomic mass is 19.1. The molecule has 10 heteroatoms. The number of aryl methyl sites for hydroxylation is 1. The van der Waals surface area contributed by atoms with Crippen LogP contribution in [0, 0.1) is 17.1 Å². The molecule has 0 spiro atoms. The highest BCUT2D eigenvalue weighted by Crippen LogP contribution is 2.41. The van der Waals surface area contributed by atoms with Gasteiger partial charge in [0, 0.05) is 44.2 Å². The molecule has 1 aliphatic carbocycles. The molecule has 2 fully saturated rings. The van der Waals surface area contributed by atoms with Crippen LogP contribution in [0.15, 0.2) is 51.8 Å². The van der Waals surface area contributed by atoms with E-state index in [0.717, 1.165) is 42.8 Å². The van der Waals surface area contributed by atoms with Gasteiger partial charge in [0.15, 0.2) is 5.82 Å². The van der Waals surface area contributed by atoms with Gasteiger partial charge in [-0.2, -0.15) is 10.2 Å². The van der Waals surface area contributed by atoms with Crippen molar-refractivity contribution in [1.29, 1.82) is 5.26 Å². The number of aromatic nitrogens is 4. The lowest BCUT2D eigenvalue weighted by atomic mass is 9.95. The van der Waals surface area contributed by atoms with Gasteiger partial charge in [0.25, 0.3) is 5.56 Å². The number of rotatable bonds is 7. The van der Waals surface area contributed by atoms with Crippen LogP contribution in [0.2, 0.25) is 0 Å². The van der Waals surface area contributed by atoms with E-state index in [-0.39, 0.29) is 29.5 Å². The molecule has 1 aliphatic heterocycles. The van der Waals surface area contributed by atoms with E-state index in [0.29, 0.717) is 41.6 Å². The number of piperazine rings is 1. The minimum atomic E-state index is -0.328. The summed E-state index contributed by atoms with van der Waals surface area (Å²) in [6.07, 6.45) is 3.78. The van der Waals surface area contributed by atoms with Crippen LogP contribution in [0.25, 0.3) is 11.0 Å². The first-order chi connectivity index (χ1) is 19.4. The molecule has 6 rings (SSSR count).